The van der Waals surface area contributed by atoms with Crippen LogP contribution in [0, 0.1) is 6.92 Å². The van der Waals surface area contributed by atoms with Crippen LogP contribution in [0.3, 0.4) is 0 Å². The molecule has 1 aliphatic rings. The highest BCUT2D eigenvalue weighted by Gasteiger charge is 2.25. The zero-order chi connectivity index (χ0) is 17.7. The normalized spacial score (nSPS) is 12.4. The first kappa shape index (κ1) is 15.4. The number of aromatic nitrogens is 2. The van der Waals surface area contributed by atoms with Crippen LogP contribution in [0.2, 0.25) is 5.02 Å². The summed E-state index contributed by atoms with van der Waals surface area (Å²) in [5.74, 6) is 2.21. The molecule has 0 saturated heterocycles. The van der Waals surface area contributed by atoms with Gasteiger partial charge in [0.05, 0.1) is 5.69 Å². The molecule has 1 aromatic heterocycles. The minimum Gasteiger partial charge on any atom is -0.438 e. The highest BCUT2D eigenvalue weighted by molar-refractivity contribution is 6.30. The van der Waals surface area contributed by atoms with E-state index >= 15 is 0 Å². The van der Waals surface area contributed by atoms with E-state index in [1.165, 1.54) is 16.3 Å². The lowest BCUT2D eigenvalue weighted by molar-refractivity contribution is 0.439. The number of aryl methyl sites for hydroxylation is 1. The summed E-state index contributed by atoms with van der Waals surface area (Å²) in [5, 5.41) is 3.12. The van der Waals surface area contributed by atoms with Crippen LogP contribution in [-0.4, -0.2) is 9.97 Å². The largest absolute Gasteiger partial charge is 0.438 e. The fraction of sp³-hybridized carbons (Fsp3) is 0.0909. The van der Waals surface area contributed by atoms with Crippen molar-refractivity contribution in [3.8, 4) is 22.9 Å². The van der Waals surface area contributed by atoms with Gasteiger partial charge in [-0.05, 0) is 35.9 Å². The Hall–Kier alpha value is -2.91. The van der Waals surface area contributed by atoms with Gasteiger partial charge >= 0.3 is 0 Å². The summed E-state index contributed by atoms with van der Waals surface area (Å²) in [6, 6.07) is 20.2. The fourth-order valence-corrected chi connectivity index (χ4v) is 3.66. The molecular weight excluding hydrogens is 344 g/mol. The second kappa shape index (κ2) is 5.82. The molecule has 3 aromatic carbocycles. The first-order chi connectivity index (χ1) is 12.7. The van der Waals surface area contributed by atoms with Crippen molar-refractivity contribution in [2.24, 2.45) is 0 Å². The lowest BCUT2D eigenvalue weighted by Crippen LogP contribution is -2.10. The molecule has 0 fully saturated rings. The zero-order valence-electron chi connectivity index (χ0n) is 14.2. The van der Waals surface area contributed by atoms with Crippen molar-refractivity contribution in [2.75, 3.05) is 0 Å². The van der Waals surface area contributed by atoms with Gasteiger partial charge in [-0.15, -0.1) is 0 Å². The fourth-order valence-electron chi connectivity index (χ4n) is 3.54. The van der Waals surface area contributed by atoms with Crippen LogP contribution in [0.25, 0.3) is 22.0 Å². The van der Waals surface area contributed by atoms with E-state index in [1.807, 2.05) is 37.3 Å². The molecular formula is C22H15ClN2O. The number of hydrogen-bond acceptors (Lipinski definition) is 3. The molecule has 0 radical (unpaired) electrons. The predicted molar refractivity (Wildman–Crippen MR) is 104 cm³/mol. The van der Waals surface area contributed by atoms with E-state index in [0.717, 1.165) is 29.0 Å². The molecule has 1 aliphatic heterocycles. The molecule has 26 heavy (non-hydrogen) atoms. The maximum absolute atomic E-state index is 6.18. The number of nitrogens with zero attached hydrogens (tertiary/aromatic N) is 2. The van der Waals surface area contributed by atoms with E-state index in [1.54, 1.807) is 0 Å². The van der Waals surface area contributed by atoms with Gasteiger partial charge < -0.3 is 4.74 Å². The summed E-state index contributed by atoms with van der Waals surface area (Å²) in [7, 11) is 0. The van der Waals surface area contributed by atoms with Gasteiger partial charge in [-0.3, -0.25) is 0 Å². The first-order valence-electron chi connectivity index (χ1n) is 8.51. The molecule has 0 aliphatic carbocycles. The summed E-state index contributed by atoms with van der Waals surface area (Å²) in [4.78, 5) is 9.24. The van der Waals surface area contributed by atoms with Crippen molar-refractivity contribution < 1.29 is 4.74 Å². The number of hydrogen-bond donors (Lipinski definition) is 0. The van der Waals surface area contributed by atoms with Crippen LogP contribution in [0.4, 0.5) is 0 Å². The van der Waals surface area contributed by atoms with Crippen LogP contribution in [0.15, 0.2) is 60.7 Å². The Labute approximate surface area is 156 Å². The second-order valence-electron chi connectivity index (χ2n) is 6.45. The molecule has 0 saturated carbocycles. The predicted octanol–water partition coefficient (Wildman–Crippen LogP) is 5.96. The number of benzene rings is 3. The third kappa shape index (κ3) is 2.44. The highest BCUT2D eigenvalue weighted by atomic mass is 35.5. The van der Waals surface area contributed by atoms with Crippen molar-refractivity contribution in [1.29, 1.82) is 0 Å². The zero-order valence-corrected chi connectivity index (χ0v) is 14.9. The topological polar surface area (TPSA) is 35.0 Å². The third-order valence-electron chi connectivity index (χ3n) is 4.76. The van der Waals surface area contributed by atoms with Gasteiger partial charge in [0.2, 0.25) is 5.88 Å². The Bertz CT molecular complexity index is 1150. The van der Waals surface area contributed by atoms with Crippen molar-refractivity contribution in [1.82, 2.24) is 9.97 Å². The Morgan fingerprint density at radius 3 is 2.54 bits per heavy atom. The molecule has 4 heteroatoms. The van der Waals surface area contributed by atoms with Crippen LogP contribution >= 0.6 is 11.6 Å². The molecule has 0 amide bonds. The van der Waals surface area contributed by atoms with Gasteiger partial charge in [0.25, 0.3) is 0 Å². The van der Waals surface area contributed by atoms with Crippen LogP contribution in [0.1, 0.15) is 17.0 Å². The average Bonchev–Trinajstić information content (AvgIpc) is 2.66. The Morgan fingerprint density at radius 2 is 1.69 bits per heavy atom. The number of halogens is 1. The molecule has 0 atom stereocenters. The van der Waals surface area contributed by atoms with Crippen molar-refractivity contribution in [3.63, 3.8) is 0 Å². The van der Waals surface area contributed by atoms with Crippen LogP contribution in [0.5, 0.6) is 11.6 Å². The van der Waals surface area contributed by atoms with Crippen molar-refractivity contribution in [3.05, 3.63) is 82.6 Å². The Balaban J connectivity index is 1.72. The lowest BCUT2D eigenvalue weighted by atomic mass is 9.93. The lowest BCUT2D eigenvalue weighted by Gasteiger charge is -2.23. The molecule has 3 nitrogen and oxygen atoms in total. The molecule has 0 spiro atoms. The van der Waals surface area contributed by atoms with Crippen molar-refractivity contribution >= 4 is 22.4 Å². The monoisotopic (exact) mass is 358 g/mol. The minimum absolute atomic E-state index is 0.644. The highest BCUT2D eigenvalue weighted by Crippen LogP contribution is 2.42. The van der Waals surface area contributed by atoms with E-state index in [4.69, 9.17) is 21.3 Å². The standard InChI is InChI=1S/C22H15ClN2O/c1-13-24-21(15-6-9-16(23)10-7-15)19-12-18-17-5-3-2-4-14(17)8-11-20(18)26-22(19)25-13/h2-11H,12H2,1H3. The van der Waals surface area contributed by atoms with Gasteiger partial charge in [0, 0.05) is 28.1 Å². The summed E-state index contributed by atoms with van der Waals surface area (Å²) in [6.07, 6.45) is 0.740. The van der Waals surface area contributed by atoms with Gasteiger partial charge in [-0.25, -0.2) is 4.98 Å². The molecule has 4 aromatic rings. The molecule has 0 unspecified atom stereocenters. The SMILES string of the molecule is Cc1nc2c(c(-c3ccc(Cl)cc3)n1)Cc1c(ccc3ccccc13)O2. The minimum atomic E-state index is 0.644. The van der Waals surface area contributed by atoms with E-state index in [2.05, 4.69) is 35.3 Å². The maximum Gasteiger partial charge on any atom is 0.226 e. The first-order valence-corrected chi connectivity index (χ1v) is 8.89. The summed E-state index contributed by atoms with van der Waals surface area (Å²) in [5.41, 5.74) is 4.12. The van der Waals surface area contributed by atoms with E-state index in [0.29, 0.717) is 16.7 Å². The van der Waals surface area contributed by atoms with Crippen LogP contribution < -0.4 is 4.74 Å². The molecule has 0 N–H and O–H groups in total. The molecule has 126 valence electrons. The average molecular weight is 359 g/mol. The second-order valence-corrected chi connectivity index (χ2v) is 6.89. The number of rotatable bonds is 1. The number of ether oxygens (including phenoxy) is 1. The van der Waals surface area contributed by atoms with Gasteiger partial charge in [0.1, 0.15) is 11.6 Å². The Kier molecular flexibility index (Phi) is 3.44. The molecule has 2 heterocycles. The summed E-state index contributed by atoms with van der Waals surface area (Å²) in [6.45, 7) is 1.89. The van der Waals surface area contributed by atoms with E-state index in [9.17, 15) is 0 Å². The molecule has 5 rings (SSSR count). The van der Waals surface area contributed by atoms with Gasteiger partial charge in [-0.1, -0.05) is 54.1 Å². The van der Waals surface area contributed by atoms with E-state index in [-0.39, 0.29) is 0 Å². The smallest absolute Gasteiger partial charge is 0.226 e. The third-order valence-corrected chi connectivity index (χ3v) is 5.01. The quantitative estimate of drug-likeness (QED) is 0.371. The van der Waals surface area contributed by atoms with Crippen LogP contribution in [-0.2, 0) is 6.42 Å². The molecule has 0 bridgehead atoms. The van der Waals surface area contributed by atoms with E-state index < -0.39 is 0 Å². The Morgan fingerprint density at radius 1 is 0.885 bits per heavy atom. The van der Waals surface area contributed by atoms with Gasteiger partial charge in [0.15, 0.2) is 0 Å². The van der Waals surface area contributed by atoms with Crippen molar-refractivity contribution in [2.45, 2.75) is 13.3 Å². The van der Waals surface area contributed by atoms with Gasteiger partial charge in [-0.2, -0.15) is 4.98 Å². The summed E-state index contributed by atoms with van der Waals surface area (Å²) < 4.78 is 6.18. The number of fused-ring (bicyclic) bond motifs is 4. The summed E-state index contributed by atoms with van der Waals surface area (Å²) >= 11 is 6.05. The maximum atomic E-state index is 6.18.